The standard InChI is InChI=1S/C15H23N3/c1-15(7-2-3-8-15)18-13-6-9-16-10-12(13)17-14(18)11-4-5-11/h11,16H,2-10H2,1H3. The first-order valence-electron chi connectivity index (χ1n) is 7.59. The van der Waals surface area contributed by atoms with Gasteiger partial charge in [0.1, 0.15) is 5.82 Å². The van der Waals surface area contributed by atoms with Crippen molar-refractivity contribution in [3.63, 3.8) is 0 Å². The highest BCUT2D eigenvalue weighted by Crippen LogP contribution is 2.46. The molecule has 0 bridgehead atoms. The largest absolute Gasteiger partial charge is 0.326 e. The van der Waals surface area contributed by atoms with Crippen LogP contribution in [0.25, 0.3) is 0 Å². The Bertz CT molecular complexity index is 464. The Hall–Kier alpha value is -0.830. The van der Waals surface area contributed by atoms with Crippen LogP contribution in [0.15, 0.2) is 0 Å². The summed E-state index contributed by atoms with van der Waals surface area (Å²) in [5.41, 5.74) is 3.27. The number of aromatic nitrogens is 2. The van der Waals surface area contributed by atoms with Crippen molar-refractivity contribution in [3.05, 3.63) is 17.2 Å². The van der Waals surface area contributed by atoms with Crippen LogP contribution in [0.2, 0.25) is 0 Å². The van der Waals surface area contributed by atoms with E-state index in [9.17, 15) is 0 Å². The molecule has 2 saturated carbocycles. The van der Waals surface area contributed by atoms with E-state index in [1.54, 1.807) is 5.69 Å². The molecule has 0 atom stereocenters. The summed E-state index contributed by atoms with van der Waals surface area (Å²) >= 11 is 0. The van der Waals surface area contributed by atoms with E-state index in [0.29, 0.717) is 5.54 Å². The number of hydrogen-bond acceptors (Lipinski definition) is 2. The molecule has 1 aromatic heterocycles. The molecule has 0 aromatic carbocycles. The summed E-state index contributed by atoms with van der Waals surface area (Å²) < 4.78 is 2.69. The molecule has 18 heavy (non-hydrogen) atoms. The first-order chi connectivity index (χ1) is 8.78. The molecule has 3 heteroatoms. The van der Waals surface area contributed by atoms with Crippen molar-refractivity contribution in [1.29, 1.82) is 0 Å². The van der Waals surface area contributed by atoms with Gasteiger partial charge in [0.05, 0.1) is 5.69 Å². The molecule has 2 fully saturated rings. The van der Waals surface area contributed by atoms with E-state index in [-0.39, 0.29) is 0 Å². The van der Waals surface area contributed by atoms with Gasteiger partial charge in [0.2, 0.25) is 0 Å². The summed E-state index contributed by atoms with van der Waals surface area (Å²) in [7, 11) is 0. The number of fused-ring (bicyclic) bond motifs is 1. The molecule has 4 rings (SSSR count). The molecule has 0 radical (unpaired) electrons. The van der Waals surface area contributed by atoms with Gasteiger partial charge in [0.15, 0.2) is 0 Å². The van der Waals surface area contributed by atoms with E-state index in [1.165, 1.54) is 56.5 Å². The molecule has 1 N–H and O–H groups in total. The van der Waals surface area contributed by atoms with Crippen LogP contribution in [0, 0.1) is 0 Å². The third kappa shape index (κ3) is 1.56. The highest BCUT2D eigenvalue weighted by atomic mass is 15.2. The number of nitrogens with one attached hydrogen (secondary N) is 1. The van der Waals surface area contributed by atoms with E-state index in [4.69, 9.17) is 4.98 Å². The molecule has 98 valence electrons. The minimum atomic E-state index is 0.371. The molecular weight excluding hydrogens is 222 g/mol. The molecule has 0 unspecified atom stereocenters. The average molecular weight is 245 g/mol. The topological polar surface area (TPSA) is 29.9 Å². The predicted molar refractivity (Wildman–Crippen MR) is 71.7 cm³/mol. The van der Waals surface area contributed by atoms with Gasteiger partial charge in [-0.05, 0) is 32.6 Å². The first kappa shape index (κ1) is 11.0. The van der Waals surface area contributed by atoms with Crippen LogP contribution in [0.3, 0.4) is 0 Å². The van der Waals surface area contributed by atoms with Gasteiger partial charge >= 0.3 is 0 Å². The molecule has 3 aliphatic rings. The van der Waals surface area contributed by atoms with Gasteiger partial charge < -0.3 is 9.88 Å². The number of imidazole rings is 1. The Morgan fingerprint density at radius 3 is 2.78 bits per heavy atom. The first-order valence-corrected chi connectivity index (χ1v) is 7.59. The fourth-order valence-electron chi connectivity index (χ4n) is 3.91. The van der Waals surface area contributed by atoms with E-state index >= 15 is 0 Å². The molecule has 2 aliphatic carbocycles. The van der Waals surface area contributed by atoms with E-state index < -0.39 is 0 Å². The third-order valence-electron chi connectivity index (χ3n) is 5.08. The van der Waals surface area contributed by atoms with E-state index in [1.807, 2.05) is 0 Å². The Morgan fingerprint density at radius 1 is 1.28 bits per heavy atom. The second kappa shape index (κ2) is 3.83. The van der Waals surface area contributed by atoms with Crippen molar-refractivity contribution in [2.45, 2.75) is 69.9 Å². The zero-order valence-electron chi connectivity index (χ0n) is 11.3. The molecule has 1 aliphatic heterocycles. The molecule has 2 heterocycles. The van der Waals surface area contributed by atoms with Gasteiger partial charge in [-0.3, -0.25) is 0 Å². The van der Waals surface area contributed by atoms with Gasteiger partial charge in [-0.25, -0.2) is 4.98 Å². The van der Waals surface area contributed by atoms with Crippen LogP contribution in [0.1, 0.15) is 68.6 Å². The maximum Gasteiger partial charge on any atom is 0.112 e. The zero-order chi connectivity index (χ0) is 12.2. The Balaban J connectivity index is 1.85. The van der Waals surface area contributed by atoms with Gasteiger partial charge in [0.25, 0.3) is 0 Å². The van der Waals surface area contributed by atoms with Crippen molar-refractivity contribution in [2.75, 3.05) is 6.54 Å². The summed E-state index contributed by atoms with van der Waals surface area (Å²) in [5.74, 6) is 2.20. The lowest BCUT2D eigenvalue weighted by atomic mass is 9.98. The Morgan fingerprint density at radius 2 is 2.06 bits per heavy atom. The minimum Gasteiger partial charge on any atom is -0.326 e. The normalized spacial score (nSPS) is 26.3. The van der Waals surface area contributed by atoms with Crippen LogP contribution in [0.4, 0.5) is 0 Å². The van der Waals surface area contributed by atoms with E-state index in [2.05, 4.69) is 16.8 Å². The summed E-state index contributed by atoms with van der Waals surface area (Å²) in [6, 6.07) is 0. The maximum absolute atomic E-state index is 5.00. The monoisotopic (exact) mass is 245 g/mol. The van der Waals surface area contributed by atoms with Gasteiger partial charge in [-0.2, -0.15) is 0 Å². The lowest BCUT2D eigenvalue weighted by Gasteiger charge is -2.31. The zero-order valence-corrected chi connectivity index (χ0v) is 11.3. The van der Waals surface area contributed by atoms with Crippen molar-refractivity contribution >= 4 is 0 Å². The molecule has 3 nitrogen and oxygen atoms in total. The number of rotatable bonds is 2. The summed E-state index contributed by atoms with van der Waals surface area (Å²) in [6.45, 7) is 4.58. The van der Waals surface area contributed by atoms with Crippen molar-refractivity contribution < 1.29 is 0 Å². The quantitative estimate of drug-likeness (QED) is 0.868. The maximum atomic E-state index is 5.00. The summed E-state index contributed by atoms with van der Waals surface area (Å²) in [4.78, 5) is 5.00. The van der Waals surface area contributed by atoms with Crippen LogP contribution in [0.5, 0.6) is 0 Å². The molecule has 0 amide bonds. The van der Waals surface area contributed by atoms with Crippen LogP contribution < -0.4 is 5.32 Å². The summed E-state index contributed by atoms with van der Waals surface area (Å²) in [6.07, 6.45) is 9.38. The predicted octanol–water partition coefficient (Wildman–Crippen LogP) is 2.70. The third-order valence-corrected chi connectivity index (χ3v) is 5.08. The minimum absolute atomic E-state index is 0.371. The van der Waals surface area contributed by atoms with Crippen molar-refractivity contribution in [1.82, 2.24) is 14.9 Å². The van der Waals surface area contributed by atoms with Crippen LogP contribution >= 0.6 is 0 Å². The van der Waals surface area contributed by atoms with Gasteiger partial charge in [-0.1, -0.05) is 12.8 Å². The SMILES string of the molecule is CC1(n2c(C3CC3)nc3c2CCNC3)CCCC1. The van der Waals surface area contributed by atoms with E-state index in [0.717, 1.165) is 19.0 Å². The molecule has 1 aromatic rings. The second-order valence-corrected chi connectivity index (χ2v) is 6.60. The lowest BCUT2D eigenvalue weighted by molar-refractivity contribution is 0.307. The van der Waals surface area contributed by atoms with Crippen LogP contribution in [-0.4, -0.2) is 16.1 Å². The molecule has 0 saturated heterocycles. The average Bonchev–Trinajstić information content (AvgIpc) is 3.01. The van der Waals surface area contributed by atoms with Crippen molar-refractivity contribution in [2.24, 2.45) is 0 Å². The molecule has 0 spiro atoms. The smallest absolute Gasteiger partial charge is 0.112 e. The van der Waals surface area contributed by atoms with Gasteiger partial charge in [0, 0.05) is 36.7 Å². The molecular formula is C15H23N3. The fourth-order valence-corrected chi connectivity index (χ4v) is 3.91. The highest BCUT2D eigenvalue weighted by Gasteiger charge is 2.40. The lowest BCUT2D eigenvalue weighted by Crippen LogP contribution is -2.33. The van der Waals surface area contributed by atoms with Gasteiger partial charge in [-0.15, -0.1) is 0 Å². The fraction of sp³-hybridized carbons (Fsp3) is 0.800. The number of nitrogens with zero attached hydrogens (tertiary/aromatic N) is 2. The van der Waals surface area contributed by atoms with Crippen LogP contribution in [-0.2, 0) is 18.5 Å². The second-order valence-electron chi connectivity index (χ2n) is 6.60. The highest BCUT2D eigenvalue weighted by molar-refractivity contribution is 5.26. The Labute approximate surface area is 109 Å². The van der Waals surface area contributed by atoms with Crippen molar-refractivity contribution in [3.8, 4) is 0 Å². The Kier molecular flexibility index (Phi) is 2.35. The summed E-state index contributed by atoms with van der Waals surface area (Å²) in [5, 5.41) is 3.47. The number of hydrogen-bond donors (Lipinski definition) is 1.